The van der Waals surface area contributed by atoms with Gasteiger partial charge in [-0.05, 0) is 50.1 Å². The number of carbonyl (C=O) groups excluding carboxylic acids is 2. The molecule has 2 rings (SSSR count). The van der Waals surface area contributed by atoms with E-state index in [0.29, 0.717) is 5.57 Å². The van der Waals surface area contributed by atoms with Crippen LogP contribution in [0.1, 0.15) is 78.6 Å². The third-order valence-electron chi connectivity index (χ3n) is 6.10. The zero-order valence-corrected chi connectivity index (χ0v) is 18.5. The Kier molecular flexibility index (Phi) is 10.2. The van der Waals surface area contributed by atoms with Crippen LogP contribution in [-0.4, -0.2) is 42.8 Å². The molecule has 2 aliphatic rings. The minimum Gasteiger partial charge on any atom is -0.463 e. The Labute approximate surface area is 179 Å². The van der Waals surface area contributed by atoms with Gasteiger partial charge in [0.2, 0.25) is 5.91 Å². The number of nitrogens with zero attached hydrogens (tertiary/aromatic N) is 3. The van der Waals surface area contributed by atoms with E-state index >= 15 is 0 Å². The van der Waals surface area contributed by atoms with E-state index in [4.69, 9.17) is 15.0 Å². The third kappa shape index (κ3) is 7.33. The van der Waals surface area contributed by atoms with Crippen molar-refractivity contribution in [2.75, 3.05) is 6.61 Å². The molecule has 1 amide bonds. The van der Waals surface area contributed by atoms with Gasteiger partial charge >= 0.3 is 5.97 Å². The van der Waals surface area contributed by atoms with Crippen molar-refractivity contribution in [3.8, 4) is 0 Å². The quantitative estimate of drug-likeness (QED) is 0.241. The fourth-order valence-corrected chi connectivity index (χ4v) is 4.52. The van der Waals surface area contributed by atoms with Crippen LogP contribution in [0, 0.1) is 5.92 Å². The Morgan fingerprint density at radius 1 is 1.30 bits per heavy atom. The first kappa shape index (κ1) is 24.2. The third-order valence-corrected chi connectivity index (χ3v) is 6.10. The zero-order valence-electron chi connectivity index (χ0n) is 18.5. The van der Waals surface area contributed by atoms with Gasteiger partial charge in [-0.15, -0.1) is 0 Å². The van der Waals surface area contributed by atoms with Crippen molar-refractivity contribution in [3.05, 3.63) is 22.1 Å². The second-order valence-electron chi connectivity index (χ2n) is 8.33. The molecule has 4 atom stereocenters. The number of amides is 1. The lowest BCUT2D eigenvalue weighted by molar-refractivity contribution is -0.139. The van der Waals surface area contributed by atoms with Crippen molar-refractivity contribution in [1.29, 1.82) is 0 Å². The van der Waals surface area contributed by atoms with Crippen LogP contribution >= 0.6 is 0 Å². The van der Waals surface area contributed by atoms with Crippen LogP contribution in [0.4, 0.5) is 0 Å². The molecule has 1 saturated carbocycles. The molecule has 2 aliphatic carbocycles. The molecule has 168 valence electrons. The summed E-state index contributed by atoms with van der Waals surface area (Å²) in [6.07, 6.45) is 10.9. The van der Waals surface area contributed by atoms with Crippen molar-refractivity contribution >= 4 is 11.9 Å². The fraction of sp³-hybridized carbons (Fsp3) is 0.818. The molecule has 0 saturated heterocycles. The van der Waals surface area contributed by atoms with Crippen LogP contribution in [0.2, 0.25) is 0 Å². The summed E-state index contributed by atoms with van der Waals surface area (Å²) in [4.78, 5) is 27.1. The number of carbonyl (C=O) groups is 2. The number of rotatable bonds is 10. The van der Waals surface area contributed by atoms with E-state index in [-0.39, 0.29) is 25.0 Å². The average molecular weight is 421 g/mol. The molecular weight excluding hydrogens is 384 g/mol. The number of nitrogens with one attached hydrogen (secondary N) is 1. The lowest BCUT2D eigenvalue weighted by Crippen LogP contribution is -2.53. The molecule has 0 heterocycles. The molecule has 30 heavy (non-hydrogen) atoms. The molecular formula is C22H36N4O4. The van der Waals surface area contributed by atoms with E-state index in [2.05, 4.69) is 22.3 Å². The summed E-state index contributed by atoms with van der Waals surface area (Å²) < 4.78 is 11.5. The highest BCUT2D eigenvalue weighted by Crippen LogP contribution is 2.31. The van der Waals surface area contributed by atoms with Crippen molar-refractivity contribution in [1.82, 2.24) is 5.32 Å². The van der Waals surface area contributed by atoms with Crippen LogP contribution in [0.5, 0.6) is 0 Å². The second-order valence-corrected chi connectivity index (χ2v) is 8.33. The molecule has 0 bridgehead atoms. The minimum atomic E-state index is -0.607. The lowest BCUT2D eigenvalue weighted by Gasteiger charge is -2.36. The first-order valence-electron chi connectivity index (χ1n) is 11.3. The number of hydrogen-bond donors (Lipinski definition) is 1. The molecule has 1 N–H and O–H groups in total. The molecule has 0 aromatic rings. The molecule has 0 unspecified atom stereocenters. The maximum Gasteiger partial charge on any atom is 0.333 e. The first-order valence-corrected chi connectivity index (χ1v) is 11.3. The van der Waals surface area contributed by atoms with Crippen molar-refractivity contribution in [2.24, 2.45) is 11.0 Å². The maximum atomic E-state index is 12.3. The first-order chi connectivity index (χ1) is 14.5. The van der Waals surface area contributed by atoms with E-state index in [1.807, 2.05) is 0 Å². The van der Waals surface area contributed by atoms with Gasteiger partial charge < -0.3 is 14.8 Å². The summed E-state index contributed by atoms with van der Waals surface area (Å²) in [5.74, 6) is 0.103. The summed E-state index contributed by atoms with van der Waals surface area (Å²) in [6.45, 7) is 5.53. The predicted molar refractivity (Wildman–Crippen MR) is 115 cm³/mol. The predicted octanol–water partition coefficient (Wildman–Crippen LogP) is 4.59. The summed E-state index contributed by atoms with van der Waals surface area (Å²) >= 11 is 0. The highest BCUT2D eigenvalue weighted by molar-refractivity contribution is 5.89. The van der Waals surface area contributed by atoms with Crippen LogP contribution in [0.3, 0.4) is 0 Å². The van der Waals surface area contributed by atoms with Gasteiger partial charge in [-0.3, -0.25) is 4.79 Å². The number of azide groups is 1. The molecule has 8 heteroatoms. The van der Waals surface area contributed by atoms with Crippen molar-refractivity contribution < 1.29 is 19.1 Å². The van der Waals surface area contributed by atoms with Gasteiger partial charge in [0.05, 0.1) is 30.9 Å². The Bertz CT molecular complexity index is 654. The van der Waals surface area contributed by atoms with Gasteiger partial charge in [-0.25, -0.2) is 4.79 Å². The SMILES string of the molecule is CCOC(=O)C1=C[C@@H](O[C@@H](CC)CCC2CCCCC2)[C@H](NC(C)=O)[C@@H](N=[N+]=[N-])C1. The maximum absolute atomic E-state index is 12.3. The van der Waals surface area contributed by atoms with Gasteiger partial charge in [-0.1, -0.05) is 44.1 Å². The molecule has 1 fully saturated rings. The van der Waals surface area contributed by atoms with Crippen LogP contribution < -0.4 is 5.32 Å². The Morgan fingerprint density at radius 3 is 2.63 bits per heavy atom. The van der Waals surface area contributed by atoms with Gasteiger partial charge in [0.25, 0.3) is 0 Å². The van der Waals surface area contributed by atoms with Crippen molar-refractivity contribution in [3.63, 3.8) is 0 Å². The number of hydrogen-bond acceptors (Lipinski definition) is 5. The Morgan fingerprint density at radius 2 is 2.03 bits per heavy atom. The molecule has 0 aromatic heterocycles. The van der Waals surface area contributed by atoms with E-state index in [1.54, 1.807) is 13.0 Å². The molecule has 8 nitrogen and oxygen atoms in total. The fourth-order valence-electron chi connectivity index (χ4n) is 4.52. The molecule has 0 radical (unpaired) electrons. The topological polar surface area (TPSA) is 113 Å². The largest absolute Gasteiger partial charge is 0.463 e. The average Bonchev–Trinajstić information content (AvgIpc) is 2.73. The van der Waals surface area contributed by atoms with Gasteiger partial charge in [-0.2, -0.15) is 0 Å². The van der Waals surface area contributed by atoms with E-state index < -0.39 is 24.2 Å². The smallest absolute Gasteiger partial charge is 0.333 e. The summed E-state index contributed by atoms with van der Waals surface area (Å²) in [6, 6.07) is -1.12. The summed E-state index contributed by atoms with van der Waals surface area (Å²) in [7, 11) is 0. The van der Waals surface area contributed by atoms with E-state index in [9.17, 15) is 9.59 Å². The van der Waals surface area contributed by atoms with Gasteiger partial charge in [0, 0.05) is 17.4 Å². The summed E-state index contributed by atoms with van der Waals surface area (Å²) in [5, 5.41) is 6.72. The van der Waals surface area contributed by atoms with Gasteiger partial charge in [0.1, 0.15) is 0 Å². The Balaban J connectivity index is 2.16. The van der Waals surface area contributed by atoms with E-state index in [1.165, 1.54) is 39.0 Å². The van der Waals surface area contributed by atoms with Crippen molar-refractivity contribution in [2.45, 2.75) is 103 Å². The number of ether oxygens (including phenoxy) is 2. The number of esters is 1. The van der Waals surface area contributed by atoms with Crippen LogP contribution in [-0.2, 0) is 19.1 Å². The normalized spacial score (nSPS) is 25.6. The highest BCUT2D eigenvalue weighted by Gasteiger charge is 2.37. The lowest BCUT2D eigenvalue weighted by atomic mass is 9.85. The monoisotopic (exact) mass is 420 g/mol. The standard InChI is InChI=1S/C22H36N4O4/c1-4-18(12-11-16-9-7-6-8-10-16)30-20-14-17(22(28)29-5-2)13-19(25-26-23)21(20)24-15(3)27/h14,16,18-21H,4-13H2,1-3H3,(H,24,27)/t18-,19-,20+,21+/m0/s1. The zero-order chi connectivity index (χ0) is 21.9. The molecule has 0 aliphatic heterocycles. The highest BCUT2D eigenvalue weighted by atomic mass is 16.5. The second kappa shape index (κ2) is 12.6. The van der Waals surface area contributed by atoms with Crippen LogP contribution in [0.25, 0.3) is 10.4 Å². The molecule has 0 aromatic carbocycles. The van der Waals surface area contributed by atoms with Crippen LogP contribution in [0.15, 0.2) is 16.8 Å². The van der Waals surface area contributed by atoms with Gasteiger partial charge in [0.15, 0.2) is 0 Å². The summed E-state index contributed by atoms with van der Waals surface area (Å²) in [5.41, 5.74) is 9.44. The van der Waals surface area contributed by atoms with E-state index in [0.717, 1.165) is 25.2 Å². The minimum absolute atomic E-state index is 0.0118. The Hall–Kier alpha value is -2.05. The molecule has 0 spiro atoms.